The lowest BCUT2D eigenvalue weighted by Gasteiger charge is -2.10. The third kappa shape index (κ3) is 3.33. The highest BCUT2D eigenvalue weighted by Gasteiger charge is 2.14. The molecule has 0 aliphatic rings. The van der Waals surface area contributed by atoms with Gasteiger partial charge in [0.15, 0.2) is 0 Å². The lowest BCUT2D eigenvalue weighted by Crippen LogP contribution is -2.00. The van der Waals surface area contributed by atoms with Gasteiger partial charge in [-0.3, -0.25) is 0 Å². The molecule has 0 aliphatic carbocycles. The van der Waals surface area contributed by atoms with Gasteiger partial charge in [0.2, 0.25) is 0 Å². The van der Waals surface area contributed by atoms with Crippen LogP contribution in [0.3, 0.4) is 0 Å². The van der Waals surface area contributed by atoms with Gasteiger partial charge in [-0.25, -0.2) is 0 Å². The van der Waals surface area contributed by atoms with Crippen LogP contribution in [0.2, 0.25) is 0 Å². The van der Waals surface area contributed by atoms with E-state index in [9.17, 15) is 0 Å². The van der Waals surface area contributed by atoms with E-state index in [0.29, 0.717) is 0 Å². The Bertz CT molecular complexity index is 746. The zero-order valence-corrected chi connectivity index (χ0v) is 15.8. The van der Waals surface area contributed by atoms with E-state index in [1.165, 1.54) is 16.8 Å². The van der Waals surface area contributed by atoms with Crippen molar-refractivity contribution in [2.75, 3.05) is 0 Å². The quantitative estimate of drug-likeness (QED) is 0.413. The summed E-state index contributed by atoms with van der Waals surface area (Å²) >= 11 is 10.8. The molecule has 0 amide bonds. The Kier molecular flexibility index (Phi) is 4.67. The van der Waals surface area contributed by atoms with Crippen LogP contribution in [0.1, 0.15) is 5.56 Å². The molecule has 4 heteroatoms. The molecule has 3 rings (SSSR count). The Hall–Kier alpha value is -0.840. The molecule has 1 nitrogen and oxygen atoms in total. The van der Waals surface area contributed by atoms with Crippen molar-refractivity contribution < 1.29 is 0 Å². The van der Waals surface area contributed by atoms with Crippen molar-refractivity contribution in [2.45, 2.75) is 6.54 Å². The summed E-state index contributed by atoms with van der Waals surface area (Å²) in [7, 11) is 0. The maximum absolute atomic E-state index is 3.69. The highest BCUT2D eigenvalue weighted by atomic mass is 79.9. The van der Waals surface area contributed by atoms with Crippen LogP contribution < -0.4 is 0 Å². The molecule has 2 aromatic carbocycles. The minimum absolute atomic E-state index is 0.844. The van der Waals surface area contributed by atoms with Crippen molar-refractivity contribution in [3.05, 3.63) is 79.8 Å². The molecule has 0 aliphatic heterocycles. The first-order valence-corrected chi connectivity index (χ1v) is 8.87. The van der Waals surface area contributed by atoms with E-state index in [-0.39, 0.29) is 0 Å². The van der Waals surface area contributed by atoms with Gasteiger partial charge in [0.05, 0.1) is 14.6 Å². The number of aromatic nitrogens is 1. The molecule has 3 aromatic rings. The van der Waals surface area contributed by atoms with Crippen molar-refractivity contribution >= 4 is 47.8 Å². The molecule has 0 atom stereocenters. The first kappa shape index (κ1) is 15.1. The summed E-state index contributed by atoms with van der Waals surface area (Å²) in [5.74, 6) is 0. The predicted octanol–water partition coefficient (Wildman–Crippen LogP) is 6.49. The van der Waals surface area contributed by atoms with Crippen molar-refractivity contribution in [2.24, 2.45) is 0 Å². The molecule has 1 aromatic heterocycles. The molecular weight excluding hydrogens is 458 g/mol. The van der Waals surface area contributed by atoms with Gasteiger partial charge in [0, 0.05) is 17.2 Å². The second-order valence-corrected chi connectivity index (χ2v) is 7.32. The van der Waals surface area contributed by atoms with Crippen molar-refractivity contribution in [3.63, 3.8) is 0 Å². The molecule has 0 radical (unpaired) electrons. The number of benzene rings is 2. The maximum Gasteiger partial charge on any atom is 0.0639 e. The zero-order valence-electron chi connectivity index (χ0n) is 11.1. The predicted molar refractivity (Wildman–Crippen MR) is 98.5 cm³/mol. The minimum atomic E-state index is 0.844. The topological polar surface area (TPSA) is 4.93 Å². The van der Waals surface area contributed by atoms with Gasteiger partial charge >= 0.3 is 0 Å². The Morgan fingerprint density at radius 1 is 0.810 bits per heavy atom. The maximum atomic E-state index is 3.69. The molecule has 0 N–H and O–H groups in total. The summed E-state index contributed by atoms with van der Waals surface area (Å²) in [5, 5.41) is 0. The second-order valence-electron chi connectivity index (χ2n) is 4.76. The molecular formula is C17H12Br3N. The smallest absolute Gasteiger partial charge is 0.0639 e. The average molecular weight is 470 g/mol. The van der Waals surface area contributed by atoms with Crippen LogP contribution in [0.25, 0.3) is 11.3 Å². The Morgan fingerprint density at radius 2 is 1.48 bits per heavy atom. The lowest BCUT2D eigenvalue weighted by atomic mass is 10.1. The fourth-order valence-electron chi connectivity index (χ4n) is 2.30. The average Bonchev–Trinajstić information content (AvgIpc) is 2.76. The largest absolute Gasteiger partial charge is 0.341 e. The third-order valence-corrected chi connectivity index (χ3v) is 5.75. The number of hydrogen-bond donors (Lipinski definition) is 0. The van der Waals surface area contributed by atoms with Crippen LogP contribution in [-0.4, -0.2) is 4.57 Å². The van der Waals surface area contributed by atoms with Crippen molar-refractivity contribution in [1.82, 2.24) is 4.57 Å². The number of halogens is 3. The summed E-state index contributed by atoms with van der Waals surface area (Å²) in [6.45, 7) is 0.844. The standard InChI is InChI=1S/C17H12Br3N/c18-14-8-6-13(7-9-14)17-16(20)15(19)11-21(17)10-12-4-2-1-3-5-12/h1-9,11H,10H2. The summed E-state index contributed by atoms with van der Waals surface area (Å²) in [6.07, 6.45) is 2.12. The molecule has 0 bridgehead atoms. The first-order chi connectivity index (χ1) is 10.1. The van der Waals surface area contributed by atoms with Crippen LogP contribution in [0.4, 0.5) is 0 Å². The van der Waals surface area contributed by atoms with Crippen LogP contribution in [0.5, 0.6) is 0 Å². The molecule has 0 spiro atoms. The van der Waals surface area contributed by atoms with Gasteiger partial charge < -0.3 is 4.57 Å². The molecule has 0 unspecified atom stereocenters. The Balaban J connectivity index is 2.05. The molecule has 0 saturated carbocycles. The lowest BCUT2D eigenvalue weighted by molar-refractivity contribution is 0.812. The molecule has 0 fully saturated rings. The van der Waals surface area contributed by atoms with E-state index in [2.05, 4.69) is 107 Å². The van der Waals surface area contributed by atoms with Crippen LogP contribution >= 0.6 is 47.8 Å². The highest BCUT2D eigenvalue weighted by Crippen LogP contribution is 2.37. The molecule has 1 heterocycles. The van der Waals surface area contributed by atoms with Crippen LogP contribution in [-0.2, 0) is 6.54 Å². The summed E-state index contributed by atoms with van der Waals surface area (Å²) < 4.78 is 5.49. The fourth-order valence-corrected chi connectivity index (χ4v) is 3.56. The number of nitrogens with zero attached hydrogens (tertiary/aromatic N) is 1. The Labute approximate surface area is 149 Å². The Morgan fingerprint density at radius 3 is 2.14 bits per heavy atom. The van der Waals surface area contributed by atoms with Gasteiger partial charge in [-0.2, -0.15) is 0 Å². The van der Waals surface area contributed by atoms with Gasteiger partial charge in [0.1, 0.15) is 0 Å². The minimum Gasteiger partial charge on any atom is -0.341 e. The number of hydrogen-bond acceptors (Lipinski definition) is 0. The first-order valence-electron chi connectivity index (χ1n) is 6.49. The van der Waals surface area contributed by atoms with E-state index in [0.717, 1.165) is 20.0 Å². The zero-order chi connectivity index (χ0) is 14.8. The summed E-state index contributed by atoms with van der Waals surface area (Å²) in [5.41, 5.74) is 3.65. The van der Waals surface area contributed by atoms with E-state index >= 15 is 0 Å². The van der Waals surface area contributed by atoms with Gasteiger partial charge in [-0.1, -0.05) is 58.4 Å². The van der Waals surface area contributed by atoms with Crippen molar-refractivity contribution in [3.8, 4) is 11.3 Å². The molecule has 0 saturated heterocycles. The van der Waals surface area contributed by atoms with Gasteiger partial charge in [-0.15, -0.1) is 0 Å². The number of rotatable bonds is 3. The van der Waals surface area contributed by atoms with Gasteiger partial charge in [-0.05, 0) is 55.1 Å². The second kappa shape index (κ2) is 6.51. The van der Waals surface area contributed by atoms with E-state index in [4.69, 9.17) is 0 Å². The molecule has 21 heavy (non-hydrogen) atoms. The normalized spacial score (nSPS) is 10.8. The fraction of sp³-hybridized carbons (Fsp3) is 0.0588. The van der Waals surface area contributed by atoms with Crippen LogP contribution in [0, 0.1) is 0 Å². The van der Waals surface area contributed by atoms with E-state index < -0.39 is 0 Å². The highest BCUT2D eigenvalue weighted by molar-refractivity contribution is 9.13. The van der Waals surface area contributed by atoms with Crippen molar-refractivity contribution in [1.29, 1.82) is 0 Å². The van der Waals surface area contributed by atoms with Crippen LogP contribution in [0.15, 0.2) is 74.2 Å². The SMILES string of the molecule is Brc1ccc(-c2c(Br)c(Br)cn2Cc2ccccc2)cc1. The van der Waals surface area contributed by atoms with E-state index in [1.807, 2.05) is 6.07 Å². The monoisotopic (exact) mass is 467 g/mol. The molecule has 106 valence electrons. The summed E-state index contributed by atoms with van der Waals surface area (Å²) in [4.78, 5) is 0. The summed E-state index contributed by atoms with van der Waals surface area (Å²) in [6, 6.07) is 18.9. The van der Waals surface area contributed by atoms with Gasteiger partial charge in [0.25, 0.3) is 0 Å². The van der Waals surface area contributed by atoms with E-state index in [1.54, 1.807) is 0 Å². The third-order valence-electron chi connectivity index (χ3n) is 3.29.